The Morgan fingerprint density at radius 1 is 1.30 bits per heavy atom. The number of aryl methyl sites for hydroxylation is 1. The second kappa shape index (κ2) is 7.97. The van der Waals surface area contributed by atoms with Gasteiger partial charge in [0.05, 0.1) is 12.1 Å². The number of benzene rings is 1. The summed E-state index contributed by atoms with van der Waals surface area (Å²) >= 11 is 0. The predicted octanol–water partition coefficient (Wildman–Crippen LogP) is 0.205. The van der Waals surface area contributed by atoms with Crippen molar-refractivity contribution in [2.24, 2.45) is 0 Å². The molecule has 1 rings (SSSR count). The molecule has 5 nitrogen and oxygen atoms in total. The first-order chi connectivity index (χ1) is 9.58. The van der Waals surface area contributed by atoms with Crippen LogP contribution in [0.25, 0.3) is 0 Å². The lowest BCUT2D eigenvalue weighted by molar-refractivity contribution is -0.120. The molecular formula is C15H18N2O3. The molecule has 0 aliphatic heterocycles. The molecule has 1 aromatic rings. The van der Waals surface area contributed by atoms with E-state index in [-0.39, 0.29) is 25.0 Å². The average Bonchev–Trinajstić information content (AvgIpc) is 2.43. The van der Waals surface area contributed by atoms with Crippen LogP contribution in [0.3, 0.4) is 0 Å². The van der Waals surface area contributed by atoms with Gasteiger partial charge >= 0.3 is 0 Å². The Balaban J connectivity index is 2.84. The van der Waals surface area contributed by atoms with E-state index < -0.39 is 0 Å². The molecule has 3 N–H and O–H groups in total. The van der Waals surface area contributed by atoms with Crippen LogP contribution < -0.4 is 10.6 Å². The molecule has 0 saturated heterocycles. The Kier molecular flexibility index (Phi) is 6.27. The number of aliphatic hydroxyl groups is 1. The zero-order valence-corrected chi connectivity index (χ0v) is 11.6. The molecule has 0 fully saturated rings. The molecule has 0 aliphatic rings. The Morgan fingerprint density at radius 2 is 2.05 bits per heavy atom. The molecular weight excluding hydrogens is 256 g/mol. The second-order valence-corrected chi connectivity index (χ2v) is 4.15. The van der Waals surface area contributed by atoms with Gasteiger partial charge in [0.25, 0.3) is 5.91 Å². The summed E-state index contributed by atoms with van der Waals surface area (Å²) in [4.78, 5) is 23.3. The molecule has 0 radical (unpaired) electrons. The van der Waals surface area contributed by atoms with Crippen molar-refractivity contribution in [2.75, 3.05) is 19.7 Å². The highest BCUT2D eigenvalue weighted by molar-refractivity contribution is 5.98. The fourth-order valence-electron chi connectivity index (χ4n) is 1.61. The first kappa shape index (κ1) is 15.7. The molecule has 0 saturated carbocycles. The van der Waals surface area contributed by atoms with Crippen LogP contribution in [0, 0.1) is 18.8 Å². The zero-order valence-electron chi connectivity index (χ0n) is 11.6. The molecule has 0 aliphatic carbocycles. The van der Waals surface area contributed by atoms with Crippen LogP contribution in [0.15, 0.2) is 18.2 Å². The highest BCUT2D eigenvalue weighted by Gasteiger charge is 2.11. The van der Waals surface area contributed by atoms with Gasteiger partial charge in [-0.05, 0) is 31.5 Å². The topological polar surface area (TPSA) is 78.4 Å². The number of likely N-dealkylation sites (N-methyl/N-ethyl adjacent to an activating group) is 1. The molecule has 2 amide bonds. The summed E-state index contributed by atoms with van der Waals surface area (Å²) in [6.07, 6.45) is 0. The summed E-state index contributed by atoms with van der Waals surface area (Å²) in [6.45, 7) is 3.87. The molecule has 0 bridgehead atoms. The molecule has 20 heavy (non-hydrogen) atoms. The zero-order chi connectivity index (χ0) is 15.0. The third kappa shape index (κ3) is 4.75. The van der Waals surface area contributed by atoms with Crippen LogP contribution in [0.2, 0.25) is 0 Å². The lowest BCUT2D eigenvalue weighted by Crippen LogP contribution is -2.37. The van der Waals surface area contributed by atoms with E-state index in [0.717, 1.165) is 5.56 Å². The maximum Gasteiger partial charge on any atom is 0.252 e. The lowest BCUT2D eigenvalue weighted by atomic mass is 10.0. The monoisotopic (exact) mass is 274 g/mol. The Hall–Kier alpha value is -2.32. The third-order valence-electron chi connectivity index (χ3n) is 2.51. The van der Waals surface area contributed by atoms with E-state index in [0.29, 0.717) is 17.7 Å². The Morgan fingerprint density at radius 3 is 2.70 bits per heavy atom. The third-order valence-corrected chi connectivity index (χ3v) is 2.51. The van der Waals surface area contributed by atoms with Gasteiger partial charge in [-0.3, -0.25) is 9.59 Å². The minimum atomic E-state index is -0.363. The Bertz CT molecular complexity index is 556. The molecule has 0 aromatic heterocycles. The lowest BCUT2D eigenvalue weighted by Gasteiger charge is -2.07. The largest absolute Gasteiger partial charge is 0.384 e. The number of aliphatic hydroxyl groups excluding tert-OH is 1. The van der Waals surface area contributed by atoms with Crippen molar-refractivity contribution in [3.63, 3.8) is 0 Å². The molecule has 1 aromatic carbocycles. The molecule has 0 unspecified atom stereocenters. The quantitative estimate of drug-likeness (QED) is 0.687. The van der Waals surface area contributed by atoms with Gasteiger partial charge in [-0.2, -0.15) is 0 Å². The van der Waals surface area contributed by atoms with Crippen molar-refractivity contribution in [1.29, 1.82) is 0 Å². The van der Waals surface area contributed by atoms with Crippen LogP contribution in [-0.2, 0) is 4.79 Å². The van der Waals surface area contributed by atoms with Gasteiger partial charge in [-0.25, -0.2) is 0 Å². The van der Waals surface area contributed by atoms with E-state index in [1.165, 1.54) is 0 Å². The number of nitrogens with one attached hydrogen (secondary N) is 2. The molecule has 0 spiro atoms. The van der Waals surface area contributed by atoms with E-state index >= 15 is 0 Å². The van der Waals surface area contributed by atoms with Gasteiger partial charge in [0.15, 0.2) is 0 Å². The second-order valence-electron chi connectivity index (χ2n) is 4.15. The summed E-state index contributed by atoms with van der Waals surface area (Å²) in [7, 11) is 0. The number of carbonyl (C=O) groups is 2. The highest BCUT2D eigenvalue weighted by Crippen LogP contribution is 2.10. The number of carbonyl (C=O) groups excluding carboxylic acids is 2. The average molecular weight is 274 g/mol. The summed E-state index contributed by atoms with van der Waals surface area (Å²) in [5.74, 6) is 4.65. The smallest absolute Gasteiger partial charge is 0.252 e. The van der Waals surface area contributed by atoms with Crippen LogP contribution >= 0.6 is 0 Å². The molecule has 106 valence electrons. The van der Waals surface area contributed by atoms with Gasteiger partial charge in [0.1, 0.15) is 6.61 Å². The van der Waals surface area contributed by atoms with E-state index in [1.807, 2.05) is 13.8 Å². The van der Waals surface area contributed by atoms with Crippen LogP contribution in [0.4, 0.5) is 0 Å². The van der Waals surface area contributed by atoms with Crippen molar-refractivity contribution in [3.05, 3.63) is 34.9 Å². The number of rotatable bonds is 4. The summed E-state index contributed by atoms with van der Waals surface area (Å²) in [6, 6.07) is 5.22. The molecule has 0 atom stereocenters. The standard InChI is InChI=1S/C15H18N2O3/c1-3-16-14(19)10-17-15(20)13-7-6-11(2)9-12(13)5-4-8-18/h6-7,9,18H,3,8,10H2,1-2H3,(H,16,19)(H,17,20). The normalized spacial score (nSPS) is 9.35. The van der Waals surface area contributed by atoms with E-state index in [9.17, 15) is 9.59 Å². The minimum absolute atomic E-state index is 0.0760. The van der Waals surface area contributed by atoms with E-state index in [2.05, 4.69) is 22.5 Å². The fraction of sp³-hybridized carbons (Fsp3) is 0.333. The minimum Gasteiger partial charge on any atom is -0.384 e. The SMILES string of the molecule is CCNC(=O)CNC(=O)c1ccc(C)cc1C#CCO. The molecule has 5 heteroatoms. The fourth-order valence-corrected chi connectivity index (χ4v) is 1.61. The van der Waals surface area contributed by atoms with E-state index in [1.54, 1.807) is 18.2 Å². The summed E-state index contributed by atoms with van der Waals surface area (Å²) < 4.78 is 0. The van der Waals surface area contributed by atoms with Gasteiger partial charge in [0.2, 0.25) is 5.91 Å². The van der Waals surface area contributed by atoms with Crippen molar-refractivity contribution in [3.8, 4) is 11.8 Å². The van der Waals surface area contributed by atoms with Crippen LogP contribution in [-0.4, -0.2) is 36.6 Å². The first-order valence-electron chi connectivity index (χ1n) is 6.33. The van der Waals surface area contributed by atoms with Crippen molar-refractivity contribution < 1.29 is 14.7 Å². The molecule has 0 heterocycles. The highest BCUT2D eigenvalue weighted by atomic mass is 16.2. The number of hydrogen-bond donors (Lipinski definition) is 3. The summed E-state index contributed by atoms with van der Waals surface area (Å²) in [5, 5.41) is 13.9. The van der Waals surface area contributed by atoms with Crippen molar-refractivity contribution >= 4 is 11.8 Å². The van der Waals surface area contributed by atoms with Crippen molar-refractivity contribution in [1.82, 2.24) is 10.6 Å². The van der Waals surface area contributed by atoms with Crippen LogP contribution in [0.5, 0.6) is 0 Å². The maximum absolute atomic E-state index is 12.0. The number of hydrogen-bond acceptors (Lipinski definition) is 3. The predicted molar refractivity (Wildman–Crippen MR) is 76.2 cm³/mol. The van der Waals surface area contributed by atoms with Gasteiger partial charge < -0.3 is 15.7 Å². The van der Waals surface area contributed by atoms with Crippen molar-refractivity contribution in [2.45, 2.75) is 13.8 Å². The van der Waals surface area contributed by atoms with E-state index in [4.69, 9.17) is 5.11 Å². The summed E-state index contributed by atoms with van der Waals surface area (Å²) in [5.41, 5.74) is 1.89. The van der Waals surface area contributed by atoms with Gasteiger partial charge in [0, 0.05) is 12.1 Å². The van der Waals surface area contributed by atoms with Gasteiger partial charge in [-0.15, -0.1) is 0 Å². The first-order valence-corrected chi connectivity index (χ1v) is 6.33. The van der Waals surface area contributed by atoms with Gasteiger partial charge in [-0.1, -0.05) is 17.9 Å². The Labute approximate surface area is 118 Å². The number of amides is 2. The van der Waals surface area contributed by atoms with Crippen LogP contribution in [0.1, 0.15) is 28.4 Å². The maximum atomic E-state index is 12.0.